The van der Waals surface area contributed by atoms with E-state index in [0.717, 1.165) is 32.1 Å². The molecule has 0 heterocycles. The molecule has 1 aliphatic carbocycles. The van der Waals surface area contributed by atoms with Crippen LogP contribution in [0.25, 0.3) is 0 Å². The highest BCUT2D eigenvalue weighted by Crippen LogP contribution is 2.24. The van der Waals surface area contributed by atoms with E-state index in [4.69, 9.17) is 27.9 Å². The van der Waals surface area contributed by atoms with Crippen molar-refractivity contribution in [1.82, 2.24) is 5.32 Å². The van der Waals surface area contributed by atoms with Gasteiger partial charge in [-0.05, 0) is 38.0 Å². The van der Waals surface area contributed by atoms with Crippen LogP contribution in [0.1, 0.15) is 39.0 Å². The molecule has 142 valence electrons. The first-order valence-corrected chi connectivity index (χ1v) is 9.35. The monoisotopic (exact) mass is 400 g/mol. The molecule has 8 heteroatoms. The number of halogens is 2. The Morgan fingerprint density at radius 2 is 1.73 bits per heavy atom. The van der Waals surface area contributed by atoms with Crippen molar-refractivity contribution in [2.75, 3.05) is 11.9 Å². The van der Waals surface area contributed by atoms with Crippen molar-refractivity contribution in [3.63, 3.8) is 0 Å². The number of nitrogens with one attached hydrogen (secondary N) is 2. The molecular formula is C18H22Cl2N2O4. The molecule has 0 spiro atoms. The van der Waals surface area contributed by atoms with Gasteiger partial charge in [-0.15, -0.1) is 0 Å². The molecule has 2 N–H and O–H groups in total. The Morgan fingerprint density at radius 3 is 2.35 bits per heavy atom. The topological polar surface area (TPSA) is 84.5 Å². The first-order valence-electron chi connectivity index (χ1n) is 8.59. The molecule has 2 amide bonds. The molecule has 26 heavy (non-hydrogen) atoms. The molecule has 1 unspecified atom stereocenters. The van der Waals surface area contributed by atoms with Crippen molar-refractivity contribution >= 4 is 46.7 Å². The van der Waals surface area contributed by atoms with E-state index in [1.807, 2.05) is 0 Å². The molecule has 0 aromatic heterocycles. The Bertz CT molecular complexity index is 655. The van der Waals surface area contributed by atoms with Crippen LogP contribution >= 0.6 is 23.2 Å². The van der Waals surface area contributed by atoms with Crippen molar-refractivity contribution in [2.45, 2.75) is 45.1 Å². The second-order valence-electron chi connectivity index (χ2n) is 6.33. The van der Waals surface area contributed by atoms with Gasteiger partial charge >= 0.3 is 5.97 Å². The van der Waals surface area contributed by atoms with Crippen LogP contribution in [0.4, 0.5) is 5.69 Å². The summed E-state index contributed by atoms with van der Waals surface area (Å²) in [5.74, 6) is -1.35. The zero-order chi connectivity index (χ0) is 19.1. The predicted octanol–water partition coefficient (Wildman–Crippen LogP) is 3.56. The average Bonchev–Trinajstić information content (AvgIpc) is 2.59. The van der Waals surface area contributed by atoms with Gasteiger partial charge in [0.25, 0.3) is 5.91 Å². The fraction of sp³-hybridized carbons (Fsp3) is 0.500. The zero-order valence-electron chi connectivity index (χ0n) is 14.5. The summed E-state index contributed by atoms with van der Waals surface area (Å²) in [5, 5.41) is 5.91. The minimum absolute atomic E-state index is 0.0372. The molecule has 1 aromatic rings. The Kier molecular flexibility index (Phi) is 7.72. The van der Waals surface area contributed by atoms with Crippen LogP contribution in [-0.2, 0) is 19.1 Å². The normalized spacial score (nSPS) is 15.8. The summed E-state index contributed by atoms with van der Waals surface area (Å²) in [6.07, 6.45) is 3.90. The SMILES string of the molecule is CC(OC(=O)CNC(=O)C1CCCCC1)C(=O)Nc1cc(Cl)cc(Cl)c1. The van der Waals surface area contributed by atoms with Crippen molar-refractivity contribution < 1.29 is 19.1 Å². The van der Waals surface area contributed by atoms with Crippen molar-refractivity contribution in [1.29, 1.82) is 0 Å². The maximum atomic E-state index is 12.1. The van der Waals surface area contributed by atoms with Gasteiger partial charge in [0, 0.05) is 21.7 Å². The molecule has 0 aliphatic heterocycles. The zero-order valence-corrected chi connectivity index (χ0v) is 16.0. The third-order valence-electron chi connectivity index (χ3n) is 4.19. The number of esters is 1. The van der Waals surface area contributed by atoms with Crippen molar-refractivity contribution in [3.05, 3.63) is 28.2 Å². The van der Waals surface area contributed by atoms with Crippen LogP contribution in [0.15, 0.2) is 18.2 Å². The van der Waals surface area contributed by atoms with Crippen molar-refractivity contribution in [2.24, 2.45) is 5.92 Å². The van der Waals surface area contributed by atoms with Gasteiger partial charge in [0.15, 0.2) is 6.10 Å². The van der Waals surface area contributed by atoms with Crippen LogP contribution in [0, 0.1) is 5.92 Å². The number of carbonyl (C=O) groups is 3. The summed E-state index contributed by atoms with van der Waals surface area (Å²) in [6, 6.07) is 4.60. The third kappa shape index (κ3) is 6.50. The molecule has 0 radical (unpaired) electrons. The molecule has 1 fully saturated rings. The van der Waals surface area contributed by atoms with Crippen LogP contribution in [-0.4, -0.2) is 30.4 Å². The lowest BCUT2D eigenvalue weighted by Gasteiger charge is -2.20. The molecule has 6 nitrogen and oxygen atoms in total. The van der Waals surface area contributed by atoms with Gasteiger partial charge in [-0.25, -0.2) is 0 Å². The number of anilines is 1. The Morgan fingerprint density at radius 1 is 1.12 bits per heavy atom. The summed E-state index contributed by atoms with van der Waals surface area (Å²) in [7, 11) is 0. The van der Waals surface area contributed by atoms with E-state index in [1.54, 1.807) is 0 Å². The largest absolute Gasteiger partial charge is 0.451 e. The van der Waals surface area contributed by atoms with Crippen molar-refractivity contribution in [3.8, 4) is 0 Å². The summed E-state index contributed by atoms with van der Waals surface area (Å²) >= 11 is 11.7. The molecular weight excluding hydrogens is 379 g/mol. The molecule has 1 aromatic carbocycles. The maximum absolute atomic E-state index is 12.1. The fourth-order valence-corrected chi connectivity index (χ4v) is 3.36. The van der Waals surface area contributed by atoms with Gasteiger partial charge in [0.05, 0.1) is 0 Å². The lowest BCUT2D eigenvalue weighted by molar-refractivity contribution is -0.153. The Labute approximate surface area is 162 Å². The van der Waals surface area contributed by atoms with Gasteiger partial charge in [-0.2, -0.15) is 0 Å². The maximum Gasteiger partial charge on any atom is 0.326 e. The number of rotatable bonds is 6. The fourth-order valence-electron chi connectivity index (χ4n) is 2.83. The van der Waals surface area contributed by atoms with E-state index in [-0.39, 0.29) is 18.4 Å². The Hall–Kier alpha value is -1.79. The van der Waals surface area contributed by atoms with E-state index in [2.05, 4.69) is 10.6 Å². The highest BCUT2D eigenvalue weighted by molar-refractivity contribution is 6.35. The minimum atomic E-state index is -1.02. The number of carbonyl (C=O) groups excluding carboxylic acids is 3. The standard InChI is InChI=1S/C18H22Cl2N2O4/c1-11(17(24)22-15-8-13(19)7-14(20)9-15)26-16(23)10-21-18(25)12-5-3-2-4-6-12/h7-9,11-12H,2-6,10H2,1H3,(H,21,25)(H,22,24). The first kappa shape index (κ1) is 20.5. The summed E-state index contributed by atoms with van der Waals surface area (Å²) < 4.78 is 5.05. The number of hydrogen-bond donors (Lipinski definition) is 2. The van der Waals surface area contributed by atoms with E-state index in [9.17, 15) is 14.4 Å². The third-order valence-corrected chi connectivity index (χ3v) is 4.63. The molecule has 2 rings (SSSR count). The van der Waals surface area contributed by atoms with E-state index in [0.29, 0.717) is 15.7 Å². The van der Waals surface area contributed by atoms with Gasteiger partial charge < -0.3 is 15.4 Å². The minimum Gasteiger partial charge on any atom is -0.451 e. The molecule has 1 atom stereocenters. The molecule has 1 saturated carbocycles. The Balaban J connectivity index is 1.76. The highest BCUT2D eigenvalue weighted by Gasteiger charge is 2.23. The first-order chi connectivity index (χ1) is 12.3. The number of benzene rings is 1. The number of hydrogen-bond acceptors (Lipinski definition) is 4. The lowest BCUT2D eigenvalue weighted by Crippen LogP contribution is -2.38. The second kappa shape index (κ2) is 9.78. The summed E-state index contributed by atoms with van der Waals surface area (Å²) in [5.41, 5.74) is 0.404. The number of amides is 2. The summed E-state index contributed by atoms with van der Waals surface area (Å²) in [6.45, 7) is 1.19. The smallest absolute Gasteiger partial charge is 0.326 e. The molecule has 0 bridgehead atoms. The predicted molar refractivity (Wildman–Crippen MR) is 100 cm³/mol. The molecule has 1 aliphatic rings. The lowest BCUT2D eigenvalue weighted by atomic mass is 9.89. The van der Waals surface area contributed by atoms with E-state index < -0.39 is 18.0 Å². The van der Waals surface area contributed by atoms with Crippen LogP contribution in [0.2, 0.25) is 10.0 Å². The van der Waals surface area contributed by atoms with Gasteiger partial charge in [0.2, 0.25) is 5.91 Å². The van der Waals surface area contributed by atoms with E-state index >= 15 is 0 Å². The number of ether oxygens (including phenoxy) is 1. The highest BCUT2D eigenvalue weighted by atomic mass is 35.5. The molecule has 0 saturated heterocycles. The van der Waals surface area contributed by atoms with Crippen LogP contribution in [0.5, 0.6) is 0 Å². The van der Waals surface area contributed by atoms with E-state index in [1.165, 1.54) is 25.1 Å². The van der Waals surface area contributed by atoms with Gasteiger partial charge in [-0.1, -0.05) is 42.5 Å². The van der Waals surface area contributed by atoms with Gasteiger partial charge in [-0.3, -0.25) is 14.4 Å². The second-order valence-corrected chi connectivity index (χ2v) is 7.21. The van der Waals surface area contributed by atoms with Crippen LogP contribution in [0.3, 0.4) is 0 Å². The summed E-state index contributed by atoms with van der Waals surface area (Å²) in [4.78, 5) is 35.9. The average molecular weight is 401 g/mol. The van der Waals surface area contributed by atoms with Gasteiger partial charge in [0.1, 0.15) is 6.54 Å². The van der Waals surface area contributed by atoms with Crippen LogP contribution < -0.4 is 10.6 Å². The quantitative estimate of drug-likeness (QED) is 0.714.